The first-order valence-electron chi connectivity index (χ1n) is 7.05. The second-order valence-electron chi connectivity index (χ2n) is 4.87. The minimum atomic E-state index is -0.122. The number of aromatic nitrogens is 1. The fraction of sp³-hybridized carbons (Fsp3) is 0.250. The highest BCUT2D eigenvalue weighted by atomic mass is 16.7. The predicted molar refractivity (Wildman–Crippen MR) is 79.4 cm³/mol. The Morgan fingerprint density at radius 3 is 3.09 bits per heavy atom. The Morgan fingerprint density at radius 2 is 2.23 bits per heavy atom. The van der Waals surface area contributed by atoms with E-state index >= 15 is 0 Å². The Labute approximate surface area is 127 Å². The van der Waals surface area contributed by atoms with E-state index < -0.39 is 0 Å². The Kier molecular flexibility index (Phi) is 4.38. The molecule has 114 valence electrons. The van der Waals surface area contributed by atoms with Gasteiger partial charge in [-0.05, 0) is 36.6 Å². The molecule has 6 nitrogen and oxygen atoms in total. The summed E-state index contributed by atoms with van der Waals surface area (Å²) >= 11 is 0. The summed E-state index contributed by atoms with van der Waals surface area (Å²) in [6, 6.07) is 5.56. The summed E-state index contributed by atoms with van der Waals surface area (Å²) in [5, 5.41) is 6.47. The third-order valence-corrected chi connectivity index (χ3v) is 3.25. The second-order valence-corrected chi connectivity index (χ2v) is 4.87. The Morgan fingerprint density at radius 1 is 1.32 bits per heavy atom. The zero-order valence-corrected chi connectivity index (χ0v) is 12.0. The lowest BCUT2D eigenvalue weighted by Gasteiger charge is -2.01. The molecule has 0 atom stereocenters. The van der Waals surface area contributed by atoms with Crippen molar-refractivity contribution in [2.45, 2.75) is 12.8 Å². The number of amides is 1. The standard InChI is InChI=1S/C16H16N2O4/c19-16(17-7-1-2-13-9-18-22-10-13)6-4-12-3-5-14-15(8-12)21-11-20-14/h3-6,8-10H,1-2,7,11H2,(H,17,19)/b6-4+. The Bertz CT molecular complexity index is 665. The molecule has 0 saturated heterocycles. The summed E-state index contributed by atoms with van der Waals surface area (Å²) in [7, 11) is 0. The fourth-order valence-corrected chi connectivity index (χ4v) is 2.10. The first-order chi connectivity index (χ1) is 10.8. The molecule has 1 aromatic heterocycles. The molecule has 0 bridgehead atoms. The average molecular weight is 300 g/mol. The summed E-state index contributed by atoms with van der Waals surface area (Å²) in [5.74, 6) is 1.31. The number of hydrogen-bond donors (Lipinski definition) is 1. The van der Waals surface area contributed by atoms with Gasteiger partial charge in [-0.3, -0.25) is 4.79 Å². The van der Waals surface area contributed by atoms with Gasteiger partial charge in [0.25, 0.3) is 0 Å². The van der Waals surface area contributed by atoms with Crippen LogP contribution in [0.25, 0.3) is 6.08 Å². The zero-order valence-electron chi connectivity index (χ0n) is 12.0. The van der Waals surface area contributed by atoms with Crippen LogP contribution in [-0.2, 0) is 11.2 Å². The normalized spacial score (nSPS) is 12.7. The molecule has 0 aliphatic carbocycles. The topological polar surface area (TPSA) is 73.6 Å². The molecular formula is C16H16N2O4. The van der Waals surface area contributed by atoms with Crippen molar-refractivity contribution in [2.24, 2.45) is 0 Å². The molecule has 0 radical (unpaired) electrons. The molecule has 1 aromatic carbocycles. The highest BCUT2D eigenvalue weighted by Crippen LogP contribution is 2.32. The number of carbonyl (C=O) groups excluding carboxylic acids is 1. The number of benzene rings is 1. The number of hydrogen-bond acceptors (Lipinski definition) is 5. The minimum absolute atomic E-state index is 0.122. The van der Waals surface area contributed by atoms with Crippen LogP contribution in [0.5, 0.6) is 11.5 Å². The van der Waals surface area contributed by atoms with Gasteiger partial charge in [-0.2, -0.15) is 0 Å². The van der Waals surface area contributed by atoms with Gasteiger partial charge in [-0.1, -0.05) is 11.2 Å². The molecule has 6 heteroatoms. The van der Waals surface area contributed by atoms with Crippen LogP contribution < -0.4 is 14.8 Å². The van der Waals surface area contributed by atoms with E-state index in [1.165, 1.54) is 6.08 Å². The van der Waals surface area contributed by atoms with Gasteiger partial charge >= 0.3 is 0 Å². The molecule has 1 amide bonds. The second kappa shape index (κ2) is 6.80. The summed E-state index contributed by atoms with van der Waals surface area (Å²) < 4.78 is 15.3. The molecule has 0 saturated carbocycles. The number of nitrogens with zero attached hydrogens (tertiary/aromatic N) is 1. The lowest BCUT2D eigenvalue weighted by molar-refractivity contribution is -0.116. The van der Waals surface area contributed by atoms with Crippen LogP contribution in [0.3, 0.4) is 0 Å². The number of aryl methyl sites for hydroxylation is 1. The Balaban J connectivity index is 1.43. The van der Waals surface area contributed by atoms with Crippen molar-refractivity contribution in [1.29, 1.82) is 0 Å². The molecule has 1 aliphatic heterocycles. The zero-order chi connectivity index (χ0) is 15.2. The lowest BCUT2D eigenvalue weighted by Crippen LogP contribution is -2.22. The number of rotatable bonds is 6. The molecular weight excluding hydrogens is 284 g/mol. The van der Waals surface area contributed by atoms with E-state index in [4.69, 9.17) is 14.0 Å². The molecule has 2 aromatic rings. The summed E-state index contributed by atoms with van der Waals surface area (Å²) in [4.78, 5) is 11.7. The molecule has 1 aliphatic rings. The minimum Gasteiger partial charge on any atom is -0.454 e. The first kappa shape index (κ1) is 14.2. The SMILES string of the molecule is O=C(/C=C/c1ccc2c(c1)OCO2)NCCCc1cnoc1. The van der Waals surface area contributed by atoms with E-state index in [9.17, 15) is 4.79 Å². The Hall–Kier alpha value is -2.76. The van der Waals surface area contributed by atoms with Crippen molar-refractivity contribution >= 4 is 12.0 Å². The van der Waals surface area contributed by atoms with Crippen LogP contribution >= 0.6 is 0 Å². The summed E-state index contributed by atoms with van der Waals surface area (Å²) in [5.41, 5.74) is 1.93. The average Bonchev–Trinajstić information content (AvgIpc) is 3.20. The van der Waals surface area contributed by atoms with Crippen molar-refractivity contribution in [3.63, 3.8) is 0 Å². The maximum absolute atomic E-state index is 11.7. The number of carbonyl (C=O) groups is 1. The van der Waals surface area contributed by atoms with Crippen molar-refractivity contribution in [3.05, 3.63) is 47.9 Å². The van der Waals surface area contributed by atoms with Crippen molar-refractivity contribution < 1.29 is 18.8 Å². The monoisotopic (exact) mass is 300 g/mol. The van der Waals surface area contributed by atoms with E-state index in [1.807, 2.05) is 18.2 Å². The molecule has 3 rings (SSSR count). The van der Waals surface area contributed by atoms with Gasteiger partial charge in [0, 0.05) is 18.2 Å². The van der Waals surface area contributed by atoms with E-state index in [2.05, 4.69) is 10.5 Å². The maximum Gasteiger partial charge on any atom is 0.243 e. The number of fused-ring (bicyclic) bond motifs is 1. The van der Waals surface area contributed by atoms with Crippen LogP contribution in [0.1, 0.15) is 17.5 Å². The smallest absolute Gasteiger partial charge is 0.243 e. The van der Waals surface area contributed by atoms with E-state index in [0.717, 1.165) is 29.7 Å². The maximum atomic E-state index is 11.7. The van der Waals surface area contributed by atoms with Crippen molar-refractivity contribution in [2.75, 3.05) is 13.3 Å². The summed E-state index contributed by atoms with van der Waals surface area (Å²) in [6.45, 7) is 0.852. The van der Waals surface area contributed by atoms with Gasteiger partial charge in [0.2, 0.25) is 12.7 Å². The van der Waals surface area contributed by atoms with Crippen LogP contribution in [0.15, 0.2) is 41.3 Å². The first-order valence-corrected chi connectivity index (χ1v) is 7.05. The van der Waals surface area contributed by atoms with E-state index in [-0.39, 0.29) is 12.7 Å². The number of nitrogens with one attached hydrogen (secondary N) is 1. The molecule has 0 unspecified atom stereocenters. The van der Waals surface area contributed by atoms with Gasteiger partial charge in [0.05, 0.1) is 6.20 Å². The third kappa shape index (κ3) is 3.66. The van der Waals surface area contributed by atoms with Gasteiger partial charge < -0.3 is 19.3 Å². The lowest BCUT2D eigenvalue weighted by atomic mass is 10.2. The summed E-state index contributed by atoms with van der Waals surface area (Å²) in [6.07, 6.45) is 8.22. The predicted octanol–water partition coefficient (Wildman–Crippen LogP) is 2.17. The van der Waals surface area contributed by atoms with Crippen LogP contribution in [0.2, 0.25) is 0 Å². The largest absolute Gasteiger partial charge is 0.454 e. The fourth-order valence-electron chi connectivity index (χ4n) is 2.10. The molecule has 22 heavy (non-hydrogen) atoms. The highest BCUT2D eigenvalue weighted by molar-refractivity contribution is 5.91. The van der Waals surface area contributed by atoms with Gasteiger partial charge in [-0.25, -0.2) is 0 Å². The van der Waals surface area contributed by atoms with E-state index in [1.54, 1.807) is 18.5 Å². The van der Waals surface area contributed by atoms with Gasteiger partial charge in [0.1, 0.15) is 6.26 Å². The molecule has 0 fully saturated rings. The van der Waals surface area contributed by atoms with Crippen LogP contribution in [0, 0.1) is 0 Å². The quantitative estimate of drug-likeness (QED) is 0.653. The van der Waals surface area contributed by atoms with Crippen LogP contribution in [0.4, 0.5) is 0 Å². The number of ether oxygens (including phenoxy) is 2. The van der Waals surface area contributed by atoms with Crippen molar-refractivity contribution in [3.8, 4) is 11.5 Å². The third-order valence-electron chi connectivity index (χ3n) is 3.25. The van der Waals surface area contributed by atoms with Gasteiger partial charge in [-0.15, -0.1) is 0 Å². The highest BCUT2D eigenvalue weighted by Gasteiger charge is 2.12. The van der Waals surface area contributed by atoms with E-state index in [0.29, 0.717) is 12.3 Å². The molecule has 2 heterocycles. The van der Waals surface area contributed by atoms with Crippen LogP contribution in [-0.4, -0.2) is 24.4 Å². The molecule has 1 N–H and O–H groups in total. The molecule has 0 spiro atoms. The van der Waals surface area contributed by atoms with Crippen molar-refractivity contribution in [1.82, 2.24) is 10.5 Å². The van der Waals surface area contributed by atoms with Gasteiger partial charge in [0.15, 0.2) is 11.5 Å².